The lowest BCUT2D eigenvalue weighted by molar-refractivity contribution is 0.673. The summed E-state index contributed by atoms with van der Waals surface area (Å²) in [5, 5.41) is 5.35. The lowest BCUT2D eigenvalue weighted by Crippen LogP contribution is -2.16. The number of aromatic nitrogens is 2. The monoisotopic (exact) mass is 524 g/mol. The molecule has 41 heavy (non-hydrogen) atoms. The van der Waals surface area contributed by atoms with Crippen LogP contribution in [-0.2, 0) is 5.41 Å². The summed E-state index contributed by atoms with van der Waals surface area (Å²) in [7, 11) is 0. The van der Waals surface area contributed by atoms with E-state index in [2.05, 4.69) is 156 Å². The lowest BCUT2D eigenvalue weighted by atomic mass is 9.79. The molecule has 0 fully saturated rings. The van der Waals surface area contributed by atoms with Crippen LogP contribution in [0.25, 0.3) is 66.1 Å². The van der Waals surface area contributed by atoms with Crippen molar-refractivity contribution in [2.45, 2.75) is 19.3 Å². The van der Waals surface area contributed by atoms with Crippen molar-refractivity contribution in [2.24, 2.45) is 0 Å². The van der Waals surface area contributed by atoms with Crippen molar-refractivity contribution in [3.05, 3.63) is 145 Å². The number of fused-ring (bicyclic) bond motifs is 11. The second-order valence-electron chi connectivity index (χ2n) is 11.8. The first-order chi connectivity index (χ1) is 20.1. The van der Waals surface area contributed by atoms with E-state index in [1.165, 1.54) is 77.2 Å². The number of nitrogens with zero attached hydrogens (tertiary/aromatic N) is 2. The van der Waals surface area contributed by atoms with Gasteiger partial charge in [-0.1, -0.05) is 98.8 Å². The summed E-state index contributed by atoms with van der Waals surface area (Å²) in [5.41, 5.74) is 12.8. The van der Waals surface area contributed by atoms with Crippen molar-refractivity contribution in [2.75, 3.05) is 0 Å². The van der Waals surface area contributed by atoms with Crippen molar-refractivity contribution in [3.63, 3.8) is 0 Å². The smallest absolute Gasteiger partial charge is 0.0544 e. The fourth-order valence-corrected chi connectivity index (χ4v) is 7.70. The molecule has 1 aliphatic carbocycles. The van der Waals surface area contributed by atoms with Gasteiger partial charge in [-0.25, -0.2) is 0 Å². The Morgan fingerprint density at radius 3 is 1.22 bits per heavy atom. The van der Waals surface area contributed by atoms with E-state index in [1.54, 1.807) is 0 Å². The quantitative estimate of drug-likeness (QED) is 0.213. The van der Waals surface area contributed by atoms with Gasteiger partial charge in [0.15, 0.2) is 0 Å². The minimum absolute atomic E-state index is 0.193. The van der Waals surface area contributed by atoms with Crippen LogP contribution in [0.4, 0.5) is 0 Å². The van der Waals surface area contributed by atoms with Gasteiger partial charge in [0, 0.05) is 38.3 Å². The zero-order chi connectivity index (χ0) is 27.3. The normalized spacial score (nSPS) is 13.8. The van der Waals surface area contributed by atoms with Gasteiger partial charge in [0.2, 0.25) is 0 Å². The molecule has 0 spiro atoms. The zero-order valence-electron chi connectivity index (χ0n) is 23.1. The van der Waals surface area contributed by atoms with Crippen LogP contribution < -0.4 is 0 Å². The van der Waals surface area contributed by atoms with Crippen LogP contribution in [0.1, 0.15) is 25.0 Å². The SMILES string of the molecule is CC1(C)c2c(ccc3c2c2ccccc2n3-c2ccccc2)-c2ccc3c(c21)c1ccccc1n3-c1ccccc1. The number of para-hydroxylation sites is 4. The summed E-state index contributed by atoms with van der Waals surface area (Å²) < 4.78 is 4.86. The molecule has 194 valence electrons. The summed E-state index contributed by atoms with van der Waals surface area (Å²) in [6.07, 6.45) is 0. The second-order valence-corrected chi connectivity index (χ2v) is 11.8. The van der Waals surface area contributed by atoms with Gasteiger partial charge in [0.1, 0.15) is 0 Å². The highest BCUT2D eigenvalue weighted by molar-refractivity contribution is 6.18. The summed E-state index contributed by atoms with van der Waals surface area (Å²) in [5.74, 6) is 0. The molecule has 8 aromatic rings. The van der Waals surface area contributed by atoms with Crippen molar-refractivity contribution < 1.29 is 0 Å². The fourth-order valence-electron chi connectivity index (χ4n) is 7.70. The molecular weight excluding hydrogens is 496 g/mol. The molecule has 0 N–H and O–H groups in total. The first-order valence-electron chi connectivity index (χ1n) is 14.4. The number of hydrogen-bond donors (Lipinski definition) is 0. The van der Waals surface area contributed by atoms with Crippen LogP contribution in [0.3, 0.4) is 0 Å². The van der Waals surface area contributed by atoms with Crippen LogP contribution in [0.5, 0.6) is 0 Å². The van der Waals surface area contributed by atoms with Gasteiger partial charge in [0.25, 0.3) is 0 Å². The summed E-state index contributed by atoms with van der Waals surface area (Å²) in [6.45, 7) is 4.86. The number of benzene rings is 6. The fraction of sp³-hybridized carbons (Fsp3) is 0.0769. The molecule has 1 aliphatic rings. The number of rotatable bonds is 2. The van der Waals surface area contributed by atoms with Gasteiger partial charge in [0.05, 0.1) is 22.1 Å². The Bertz CT molecular complexity index is 2150. The molecule has 0 saturated carbocycles. The van der Waals surface area contributed by atoms with Gasteiger partial charge < -0.3 is 9.13 Å². The molecule has 6 aromatic carbocycles. The molecule has 0 bridgehead atoms. The van der Waals surface area contributed by atoms with Crippen LogP contribution in [-0.4, -0.2) is 9.13 Å². The Morgan fingerprint density at radius 2 is 0.780 bits per heavy atom. The predicted octanol–water partition coefficient (Wildman–Crippen LogP) is 10.2. The molecule has 9 rings (SSSR count). The van der Waals surface area contributed by atoms with E-state index in [1.807, 2.05) is 0 Å². The molecule has 2 heterocycles. The van der Waals surface area contributed by atoms with E-state index in [4.69, 9.17) is 0 Å². The zero-order valence-corrected chi connectivity index (χ0v) is 23.1. The molecule has 2 heteroatoms. The number of hydrogen-bond acceptors (Lipinski definition) is 0. The lowest BCUT2D eigenvalue weighted by Gasteiger charge is -2.24. The Balaban J connectivity index is 1.42. The minimum Gasteiger partial charge on any atom is -0.309 e. The highest BCUT2D eigenvalue weighted by Gasteiger charge is 2.40. The highest BCUT2D eigenvalue weighted by atomic mass is 15.0. The Labute approximate surface area is 238 Å². The molecule has 2 aromatic heterocycles. The average Bonchev–Trinajstić information content (AvgIpc) is 3.61. The van der Waals surface area contributed by atoms with Gasteiger partial charge in [-0.2, -0.15) is 0 Å². The largest absolute Gasteiger partial charge is 0.309 e. The maximum atomic E-state index is 2.43. The van der Waals surface area contributed by atoms with Crippen LogP contribution in [0.2, 0.25) is 0 Å². The molecule has 0 radical (unpaired) electrons. The van der Waals surface area contributed by atoms with Gasteiger partial charge in [-0.15, -0.1) is 0 Å². The van der Waals surface area contributed by atoms with E-state index >= 15 is 0 Å². The van der Waals surface area contributed by atoms with E-state index in [0.29, 0.717) is 0 Å². The molecule has 0 aliphatic heterocycles. The first kappa shape index (κ1) is 22.7. The van der Waals surface area contributed by atoms with E-state index in [9.17, 15) is 0 Å². The third kappa shape index (κ3) is 2.87. The minimum atomic E-state index is -0.193. The molecule has 0 atom stereocenters. The Hall–Kier alpha value is -5.08. The van der Waals surface area contributed by atoms with Crippen molar-refractivity contribution >= 4 is 43.6 Å². The summed E-state index contributed by atoms with van der Waals surface area (Å²) in [6, 6.07) is 48.7. The van der Waals surface area contributed by atoms with Gasteiger partial charge in [-0.05, 0) is 70.8 Å². The third-order valence-corrected chi connectivity index (χ3v) is 9.25. The van der Waals surface area contributed by atoms with E-state index in [-0.39, 0.29) is 5.41 Å². The molecule has 0 unspecified atom stereocenters. The van der Waals surface area contributed by atoms with Gasteiger partial charge in [-0.3, -0.25) is 0 Å². The summed E-state index contributed by atoms with van der Waals surface area (Å²) in [4.78, 5) is 0. The molecule has 0 saturated heterocycles. The van der Waals surface area contributed by atoms with Crippen molar-refractivity contribution in [1.29, 1.82) is 0 Å². The molecular formula is C39H28N2. The maximum absolute atomic E-state index is 2.43. The molecule has 0 amide bonds. The standard InChI is InChI=1S/C39H28N2/c1-39(2)37-27(21-23-33-35(37)29-17-9-11-19-31(29)40(33)25-13-5-3-6-14-25)28-22-24-34-36(38(28)39)30-18-10-12-20-32(30)41(34)26-15-7-4-8-16-26/h3-24H,1-2H3. The van der Waals surface area contributed by atoms with Crippen LogP contribution in [0.15, 0.2) is 133 Å². The first-order valence-corrected chi connectivity index (χ1v) is 14.4. The van der Waals surface area contributed by atoms with E-state index in [0.717, 1.165) is 0 Å². The average molecular weight is 525 g/mol. The van der Waals surface area contributed by atoms with Crippen LogP contribution in [0, 0.1) is 0 Å². The van der Waals surface area contributed by atoms with E-state index < -0.39 is 0 Å². The Kier molecular flexibility index (Phi) is 4.42. The van der Waals surface area contributed by atoms with Crippen molar-refractivity contribution in [3.8, 4) is 22.5 Å². The van der Waals surface area contributed by atoms with Crippen LogP contribution >= 0.6 is 0 Å². The second kappa shape index (κ2) is 7.99. The third-order valence-electron chi connectivity index (χ3n) is 9.25. The van der Waals surface area contributed by atoms with Gasteiger partial charge >= 0.3 is 0 Å². The van der Waals surface area contributed by atoms with Crippen molar-refractivity contribution in [1.82, 2.24) is 9.13 Å². The summed E-state index contributed by atoms with van der Waals surface area (Å²) >= 11 is 0. The topological polar surface area (TPSA) is 9.86 Å². The highest BCUT2D eigenvalue weighted by Crippen LogP contribution is 2.56. The predicted molar refractivity (Wildman–Crippen MR) is 173 cm³/mol. The maximum Gasteiger partial charge on any atom is 0.0544 e. The Morgan fingerprint density at radius 1 is 0.390 bits per heavy atom. The molecule has 2 nitrogen and oxygen atoms in total.